The molecule has 1 aromatic rings. The van der Waals surface area contributed by atoms with Gasteiger partial charge in [0.05, 0.1) is 10.6 Å². The third-order valence-electron chi connectivity index (χ3n) is 3.79. The molecular formula is C16H20O4S. The number of carbonyl (C=O) groups excluding carboxylic acids is 1. The van der Waals surface area contributed by atoms with Crippen LogP contribution < -0.4 is 0 Å². The molecule has 5 heteroatoms. The lowest BCUT2D eigenvalue weighted by atomic mass is 9.87. The third-order valence-corrected chi connectivity index (χ3v) is 5.55. The van der Waals surface area contributed by atoms with Gasteiger partial charge in [0.25, 0.3) is 0 Å². The molecule has 1 fully saturated rings. The number of esters is 1. The van der Waals surface area contributed by atoms with Gasteiger partial charge in [-0.2, -0.15) is 0 Å². The first-order valence-electron chi connectivity index (χ1n) is 6.83. The highest BCUT2D eigenvalue weighted by molar-refractivity contribution is 7.91. The molecular weight excluding hydrogens is 288 g/mol. The molecule has 1 aliphatic heterocycles. The molecule has 0 bridgehead atoms. The van der Waals surface area contributed by atoms with Crippen LogP contribution in [0.4, 0.5) is 0 Å². The van der Waals surface area contributed by atoms with Crippen LogP contribution in [0.15, 0.2) is 46.4 Å². The number of hydrogen-bond donors (Lipinski definition) is 0. The Bertz CT molecular complexity index is 680. The predicted octanol–water partition coefficient (Wildman–Crippen LogP) is 2.75. The van der Waals surface area contributed by atoms with Crippen molar-refractivity contribution in [3.05, 3.63) is 41.5 Å². The number of rotatable bonds is 3. The van der Waals surface area contributed by atoms with E-state index in [2.05, 4.69) is 0 Å². The smallest absolute Gasteiger partial charge is 0.334 e. The number of allylic oxidation sites excluding steroid dienone is 1. The first-order chi connectivity index (χ1) is 9.65. The van der Waals surface area contributed by atoms with Crippen molar-refractivity contribution in [3.63, 3.8) is 0 Å². The van der Waals surface area contributed by atoms with Gasteiger partial charge in [-0.3, -0.25) is 0 Å². The summed E-state index contributed by atoms with van der Waals surface area (Å²) in [7, 11) is -3.47. The minimum atomic E-state index is -3.47. The maximum atomic E-state index is 12.6. The molecule has 0 saturated carbocycles. The first kappa shape index (κ1) is 15.8. The quantitative estimate of drug-likeness (QED) is 0.636. The summed E-state index contributed by atoms with van der Waals surface area (Å²) >= 11 is 0. The van der Waals surface area contributed by atoms with E-state index in [-0.39, 0.29) is 10.6 Å². The van der Waals surface area contributed by atoms with E-state index in [1.54, 1.807) is 58.0 Å². The Balaban J connectivity index is 2.42. The molecule has 1 saturated heterocycles. The monoisotopic (exact) mass is 308 g/mol. The molecule has 2 rings (SSSR count). The average Bonchev–Trinajstić information content (AvgIpc) is 2.59. The summed E-state index contributed by atoms with van der Waals surface area (Å²) in [4.78, 5) is 12.3. The zero-order chi connectivity index (χ0) is 15.8. The van der Waals surface area contributed by atoms with E-state index in [1.165, 1.54) is 0 Å². The summed E-state index contributed by atoms with van der Waals surface area (Å²) in [6.07, 6.45) is 0. The zero-order valence-corrected chi connectivity index (χ0v) is 13.5. The van der Waals surface area contributed by atoms with E-state index < -0.39 is 27.3 Å². The molecule has 0 N–H and O–H groups in total. The molecule has 0 aromatic heterocycles. The molecule has 114 valence electrons. The number of carbonyl (C=O) groups is 1. The Hall–Kier alpha value is -1.62. The van der Waals surface area contributed by atoms with Gasteiger partial charge in [-0.15, -0.1) is 0 Å². The average molecular weight is 308 g/mol. The van der Waals surface area contributed by atoms with Crippen LogP contribution in [-0.4, -0.2) is 25.7 Å². The van der Waals surface area contributed by atoms with Crippen molar-refractivity contribution in [2.24, 2.45) is 5.92 Å². The molecule has 1 atom stereocenters. The van der Waals surface area contributed by atoms with Crippen LogP contribution in [0.2, 0.25) is 0 Å². The second-order valence-electron chi connectivity index (χ2n) is 6.05. The summed E-state index contributed by atoms with van der Waals surface area (Å²) in [5.74, 6) is -0.996. The maximum Gasteiger partial charge on any atom is 0.334 e. The second-order valence-corrected chi connectivity index (χ2v) is 8.09. The predicted molar refractivity (Wildman–Crippen MR) is 80.5 cm³/mol. The Morgan fingerprint density at radius 1 is 1.19 bits per heavy atom. The summed E-state index contributed by atoms with van der Waals surface area (Å²) in [5, 5.41) is 0. The van der Waals surface area contributed by atoms with Gasteiger partial charge in [0.2, 0.25) is 0 Å². The minimum absolute atomic E-state index is 0.129. The minimum Gasteiger partial charge on any atom is -0.456 e. The van der Waals surface area contributed by atoms with Gasteiger partial charge in [0, 0.05) is 11.5 Å². The van der Waals surface area contributed by atoms with Crippen molar-refractivity contribution < 1.29 is 17.9 Å². The third kappa shape index (κ3) is 3.02. The highest BCUT2D eigenvalue weighted by Gasteiger charge is 2.48. The molecule has 1 aromatic carbocycles. The van der Waals surface area contributed by atoms with Gasteiger partial charge in [0.15, 0.2) is 9.84 Å². The highest BCUT2D eigenvalue weighted by Crippen LogP contribution is 2.39. The van der Waals surface area contributed by atoms with E-state index in [0.29, 0.717) is 5.57 Å². The Morgan fingerprint density at radius 2 is 1.76 bits per heavy atom. The van der Waals surface area contributed by atoms with Gasteiger partial charge in [-0.05, 0) is 39.8 Å². The fourth-order valence-electron chi connectivity index (χ4n) is 2.63. The molecule has 0 radical (unpaired) electrons. The van der Waals surface area contributed by atoms with Crippen molar-refractivity contribution >= 4 is 15.8 Å². The second kappa shape index (κ2) is 5.30. The summed E-state index contributed by atoms with van der Waals surface area (Å²) < 4.78 is 30.5. The van der Waals surface area contributed by atoms with Crippen LogP contribution in [0.1, 0.15) is 27.7 Å². The Kier molecular flexibility index (Phi) is 3.97. The lowest BCUT2D eigenvalue weighted by molar-refractivity contribution is -0.144. The lowest BCUT2D eigenvalue weighted by Gasteiger charge is -2.25. The van der Waals surface area contributed by atoms with E-state index in [1.807, 2.05) is 0 Å². The standard InChI is InChI=1S/C16H20O4S/c1-11(2)14-13(16(3,4)20-15(14)17)10-21(18,19)12-8-6-5-7-9-12/h5-9,13H,10H2,1-4H3. The molecule has 4 nitrogen and oxygen atoms in total. The largest absolute Gasteiger partial charge is 0.456 e. The normalized spacial score (nSPS) is 21.2. The summed E-state index contributed by atoms with van der Waals surface area (Å²) in [5.41, 5.74) is 0.476. The molecule has 1 heterocycles. The van der Waals surface area contributed by atoms with Crippen molar-refractivity contribution in [2.45, 2.75) is 38.2 Å². The van der Waals surface area contributed by atoms with Gasteiger partial charge in [-0.25, -0.2) is 13.2 Å². The van der Waals surface area contributed by atoms with Crippen molar-refractivity contribution in [3.8, 4) is 0 Å². The Morgan fingerprint density at radius 3 is 2.29 bits per heavy atom. The summed E-state index contributed by atoms with van der Waals surface area (Å²) in [6, 6.07) is 8.29. The van der Waals surface area contributed by atoms with Crippen LogP contribution in [0.25, 0.3) is 0 Å². The summed E-state index contributed by atoms with van der Waals surface area (Å²) in [6.45, 7) is 7.12. The van der Waals surface area contributed by atoms with E-state index in [0.717, 1.165) is 5.57 Å². The topological polar surface area (TPSA) is 60.4 Å². The lowest BCUT2D eigenvalue weighted by Crippen LogP contribution is -2.33. The first-order valence-corrected chi connectivity index (χ1v) is 8.49. The van der Waals surface area contributed by atoms with Crippen molar-refractivity contribution in [1.29, 1.82) is 0 Å². The van der Waals surface area contributed by atoms with Crippen LogP contribution >= 0.6 is 0 Å². The molecule has 0 aliphatic carbocycles. The van der Waals surface area contributed by atoms with Crippen LogP contribution in [0.5, 0.6) is 0 Å². The van der Waals surface area contributed by atoms with Crippen LogP contribution in [0.3, 0.4) is 0 Å². The van der Waals surface area contributed by atoms with E-state index >= 15 is 0 Å². The number of cyclic esters (lactones) is 1. The molecule has 0 amide bonds. The van der Waals surface area contributed by atoms with Crippen molar-refractivity contribution in [2.75, 3.05) is 5.75 Å². The number of benzene rings is 1. The number of hydrogen-bond acceptors (Lipinski definition) is 4. The van der Waals surface area contributed by atoms with Crippen LogP contribution in [-0.2, 0) is 19.4 Å². The maximum absolute atomic E-state index is 12.6. The molecule has 1 aliphatic rings. The zero-order valence-electron chi connectivity index (χ0n) is 12.7. The van der Waals surface area contributed by atoms with Gasteiger partial charge < -0.3 is 4.74 Å². The van der Waals surface area contributed by atoms with E-state index in [4.69, 9.17) is 4.74 Å². The van der Waals surface area contributed by atoms with E-state index in [9.17, 15) is 13.2 Å². The molecule has 21 heavy (non-hydrogen) atoms. The van der Waals surface area contributed by atoms with Crippen molar-refractivity contribution in [1.82, 2.24) is 0 Å². The van der Waals surface area contributed by atoms with Gasteiger partial charge in [0.1, 0.15) is 5.60 Å². The number of sulfone groups is 1. The molecule has 0 spiro atoms. The fourth-order valence-corrected chi connectivity index (χ4v) is 4.41. The van der Waals surface area contributed by atoms with Crippen LogP contribution in [0, 0.1) is 5.92 Å². The highest BCUT2D eigenvalue weighted by atomic mass is 32.2. The van der Waals surface area contributed by atoms with Gasteiger partial charge in [-0.1, -0.05) is 23.8 Å². The van der Waals surface area contributed by atoms with Gasteiger partial charge >= 0.3 is 5.97 Å². The molecule has 1 unspecified atom stereocenters. The fraction of sp³-hybridized carbons (Fsp3) is 0.438. The Labute approximate surface area is 125 Å². The SMILES string of the molecule is CC(C)=C1C(=O)OC(C)(C)C1CS(=O)(=O)c1ccccc1. The number of ether oxygens (including phenoxy) is 1.